The van der Waals surface area contributed by atoms with Crippen LogP contribution in [0.15, 0.2) is 91.9 Å². The van der Waals surface area contributed by atoms with Crippen LogP contribution >= 0.6 is 0 Å². The lowest BCUT2D eigenvalue weighted by molar-refractivity contribution is 0.0745. The Kier molecular flexibility index (Phi) is 7.24. The third kappa shape index (κ3) is 6.19. The maximum Gasteiger partial charge on any atom is 0.253 e. The maximum atomic E-state index is 13.6. The molecule has 0 aliphatic carbocycles. The maximum absolute atomic E-state index is 13.6. The molecule has 5 rings (SSSR count). The first-order valence-electron chi connectivity index (χ1n) is 12.1. The Morgan fingerprint density at radius 2 is 1.77 bits per heavy atom. The van der Waals surface area contributed by atoms with Crippen molar-refractivity contribution < 1.29 is 4.79 Å². The van der Waals surface area contributed by atoms with Gasteiger partial charge in [0, 0.05) is 75.8 Å². The van der Waals surface area contributed by atoms with Crippen molar-refractivity contribution in [3.8, 4) is 0 Å². The second-order valence-corrected chi connectivity index (χ2v) is 9.17. The van der Waals surface area contributed by atoms with Gasteiger partial charge in [-0.05, 0) is 35.6 Å². The van der Waals surface area contributed by atoms with Gasteiger partial charge in [0.2, 0.25) is 0 Å². The molecule has 178 valence electrons. The van der Waals surface area contributed by atoms with E-state index >= 15 is 0 Å². The number of hydrogen-bond donors (Lipinski definition) is 0. The third-order valence-electron chi connectivity index (χ3n) is 6.43. The molecule has 1 aliphatic heterocycles. The zero-order chi connectivity index (χ0) is 23.9. The third-order valence-corrected chi connectivity index (χ3v) is 6.43. The van der Waals surface area contributed by atoms with E-state index in [0.29, 0.717) is 19.6 Å². The van der Waals surface area contributed by atoms with Gasteiger partial charge in [0.1, 0.15) is 0 Å². The number of carbonyl (C=O) groups excluding carboxylic acids is 1. The minimum atomic E-state index is 0.0863. The molecule has 7 nitrogen and oxygen atoms in total. The molecule has 3 heterocycles. The Morgan fingerprint density at radius 3 is 2.57 bits per heavy atom. The smallest absolute Gasteiger partial charge is 0.253 e. The van der Waals surface area contributed by atoms with Gasteiger partial charge in [-0.1, -0.05) is 42.5 Å². The summed E-state index contributed by atoms with van der Waals surface area (Å²) in [4.78, 5) is 31.0. The molecule has 0 bridgehead atoms. The molecule has 35 heavy (non-hydrogen) atoms. The summed E-state index contributed by atoms with van der Waals surface area (Å²) in [6, 6.07) is 18.5. The highest BCUT2D eigenvalue weighted by molar-refractivity contribution is 5.94. The molecule has 0 saturated carbocycles. The molecule has 7 heteroatoms. The van der Waals surface area contributed by atoms with Crippen molar-refractivity contribution in [2.75, 3.05) is 26.2 Å². The molecule has 0 N–H and O–H groups in total. The van der Waals surface area contributed by atoms with Crippen LogP contribution in [0.4, 0.5) is 0 Å². The summed E-state index contributed by atoms with van der Waals surface area (Å²) >= 11 is 0. The average Bonchev–Trinajstić information content (AvgIpc) is 3.32. The molecule has 1 amide bonds. The van der Waals surface area contributed by atoms with Gasteiger partial charge in [0.05, 0.1) is 12.0 Å². The van der Waals surface area contributed by atoms with Crippen molar-refractivity contribution in [3.63, 3.8) is 0 Å². The Morgan fingerprint density at radius 1 is 0.886 bits per heavy atom. The Hall–Kier alpha value is -3.84. The number of nitrogens with zero attached hydrogens (tertiary/aromatic N) is 6. The van der Waals surface area contributed by atoms with E-state index in [-0.39, 0.29) is 11.8 Å². The second kappa shape index (κ2) is 11.1. The highest BCUT2D eigenvalue weighted by Crippen LogP contribution is 2.19. The van der Waals surface area contributed by atoms with Crippen LogP contribution < -0.4 is 0 Å². The predicted molar refractivity (Wildman–Crippen MR) is 135 cm³/mol. The van der Waals surface area contributed by atoms with E-state index in [1.807, 2.05) is 46.1 Å². The molecule has 1 fully saturated rings. The van der Waals surface area contributed by atoms with Gasteiger partial charge in [-0.3, -0.25) is 19.7 Å². The summed E-state index contributed by atoms with van der Waals surface area (Å²) in [5, 5.41) is 0. The van der Waals surface area contributed by atoms with E-state index in [1.165, 1.54) is 5.56 Å². The van der Waals surface area contributed by atoms with Crippen molar-refractivity contribution in [3.05, 3.63) is 114 Å². The molecule has 1 atom stereocenters. The summed E-state index contributed by atoms with van der Waals surface area (Å²) in [6.45, 7) is 4.73. The Balaban J connectivity index is 1.33. The van der Waals surface area contributed by atoms with E-state index in [2.05, 4.69) is 50.2 Å². The average molecular weight is 467 g/mol. The number of carbonyl (C=O) groups is 1. The van der Waals surface area contributed by atoms with Crippen LogP contribution in [-0.2, 0) is 19.5 Å². The van der Waals surface area contributed by atoms with Gasteiger partial charge in [-0.25, -0.2) is 4.98 Å². The van der Waals surface area contributed by atoms with Crippen molar-refractivity contribution in [2.24, 2.45) is 5.92 Å². The van der Waals surface area contributed by atoms with Crippen LogP contribution in [0.3, 0.4) is 0 Å². The molecular weight excluding hydrogens is 436 g/mol. The fraction of sp³-hybridized carbons (Fsp3) is 0.286. The summed E-state index contributed by atoms with van der Waals surface area (Å²) in [5.41, 5.74) is 4.08. The SMILES string of the molecule is O=C(c1cccc(Cn2ccnc2)c1)N1CCN(Cc2ccccc2)CC(Cc2cnccn2)C1. The quantitative estimate of drug-likeness (QED) is 0.417. The molecule has 2 aromatic heterocycles. The lowest BCUT2D eigenvalue weighted by Crippen LogP contribution is -2.36. The fourth-order valence-electron chi connectivity index (χ4n) is 4.79. The van der Waals surface area contributed by atoms with Crippen LogP contribution in [0.5, 0.6) is 0 Å². The zero-order valence-corrected chi connectivity index (χ0v) is 19.8. The van der Waals surface area contributed by atoms with Crippen LogP contribution in [0.2, 0.25) is 0 Å². The van der Waals surface area contributed by atoms with Crippen molar-refractivity contribution in [1.82, 2.24) is 29.3 Å². The minimum absolute atomic E-state index is 0.0863. The van der Waals surface area contributed by atoms with Crippen LogP contribution in [0.25, 0.3) is 0 Å². The van der Waals surface area contributed by atoms with Crippen LogP contribution in [-0.4, -0.2) is 61.4 Å². The largest absolute Gasteiger partial charge is 0.337 e. The van der Waals surface area contributed by atoms with Crippen LogP contribution in [0.1, 0.15) is 27.2 Å². The lowest BCUT2D eigenvalue weighted by atomic mass is 10.0. The summed E-state index contributed by atoms with van der Waals surface area (Å²) in [5.74, 6) is 0.360. The highest BCUT2D eigenvalue weighted by Gasteiger charge is 2.27. The molecule has 1 saturated heterocycles. The molecule has 4 aromatic rings. The molecule has 0 radical (unpaired) electrons. The number of amides is 1. The van der Waals surface area contributed by atoms with Crippen molar-refractivity contribution in [1.29, 1.82) is 0 Å². The standard InChI is InChI=1S/C28H30N6O/c35-28(26-8-4-7-24(15-26)19-33-12-11-30-22-33)34-14-13-32(18-23-5-2-1-3-6-23)20-25(21-34)16-27-17-29-9-10-31-27/h1-12,15,17,22,25H,13-14,16,18-21H2. The minimum Gasteiger partial charge on any atom is -0.337 e. The number of rotatable bonds is 7. The number of benzene rings is 2. The predicted octanol–water partition coefficient (Wildman–Crippen LogP) is 3.54. The molecule has 1 aliphatic rings. The van der Waals surface area contributed by atoms with E-state index in [0.717, 1.165) is 42.9 Å². The van der Waals surface area contributed by atoms with Gasteiger partial charge >= 0.3 is 0 Å². The molecule has 1 unspecified atom stereocenters. The highest BCUT2D eigenvalue weighted by atomic mass is 16.2. The Labute approximate surface area is 206 Å². The van der Waals surface area contributed by atoms with E-state index in [1.54, 1.807) is 24.9 Å². The van der Waals surface area contributed by atoms with Crippen molar-refractivity contribution >= 4 is 5.91 Å². The second-order valence-electron chi connectivity index (χ2n) is 9.17. The monoisotopic (exact) mass is 466 g/mol. The van der Waals surface area contributed by atoms with E-state index in [4.69, 9.17) is 0 Å². The zero-order valence-electron chi connectivity index (χ0n) is 19.8. The number of hydrogen-bond acceptors (Lipinski definition) is 5. The molecule has 2 aromatic carbocycles. The summed E-state index contributed by atoms with van der Waals surface area (Å²) in [7, 11) is 0. The van der Waals surface area contributed by atoms with Gasteiger partial charge < -0.3 is 9.47 Å². The topological polar surface area (TPSA) is 67.2 Å². The van der Waals surface area contributed by atoms with E-state index in [9.17, 15) is 4.79 Å². The van der Waals surface area contributed by atoms with Crippen molar-refractivity contribution in [2.45, 2.75) is 19.5 Å². The first-order valence-corrected chi connectivity index (χ1v) is 12.1. The number of imidazole rings is 1. The fourth-order valence-corrected chi connectivity index (χ4v) is 4.79. The first-order chi connectivity index (χ1) is 17.2. The summed E-state index contributed by atoms with van der Waals surface area (Å²) < 4.78 is 2.01. The molecular formula is C28H30N6O. The summed E-state index contributed by atoms with van der Waals surface area (Å²) in [6.07, 6.45) is 11.6. The normalized spacial score (nSPS) is 16.7. The van der Waals surface area contributed by atoms with E-state index < -0.39 is 0 Å². The van der Waals surface area contributed by atoms with Gasteiger partial charge in [-0.2, -0.15) is 0 Å². The van der Waals surface area contributed by atoms with Gasteiger partial charge in [0.15, 0.2) is 0 Å². The lowest BCUT2D eigenvalue weighted by Gasteiger charge is -2.24. The molecule has 0 spiro atoms. The Bertz CT molecular complexity index is 1210. The van der Waals surface area contributed by atoms with Gasteiger partial charge in [0.25, 0.3) is 5.91 Å². The van der Waals surface area contributed by atoms with Gasteiger partial charge in [-0.15, -0.1) is 0 Å². The number of aromatic nitrogens is 4. The first kappa shape index (κ1) is 22.9. The van der Waals surface area contributed by atoms with Crippen LogP contribution in [0, 0.1) is 5.92 Å².